The summed E-state index contributed by atoms with van der Waals surface area (Å²) in [5.41, 5.74) is 1.64. The van der Waals surface area contributed by atoms with E-state index < -0.39 is 0 Å². The minimum absolute atomic E-state index is 0.0499. The van der Waals surface area contributed by atoms with Gasteiger partial charge in [0.25, 0.3) is 0 Å². The molecule has 0 unspecified atom stereocenters. The lowest BCUT2D eigenvalue weighted by atomic mass is 10.2. The van der Waals surface area contributed by atoms with Crippen LogP contribution >= 0.6 is 11.3 Å². The van der Waals surface area contributed by atoms with E-state index >= 15 is 0 Å². The topological polar surface area (TPSA) is 80.8 Å². The van der Waals surface area contributed by atoms with Gasteiger partial charge in [-0.3, -0.25) is 4.98 Å². The monoisotopic (exact) mass is 439 g/mol. The highest BCUT2D eigenvalue weighted by Crippen LogP contribution is 2.29. The second kappa shape index (κ2) is 9.89. The van der Waals surface area contributed by atoms with E-state index in [-0.39, 0.29) is 18.1 Å². The summed E-state index contributed by atoms with van der Waals surface area (Å²) in [5.74, 6) is -0.325. The number of benzene rings is 1. The first-order valence-corrected chi connectivity index (χ1v) is 11.2. The van der Waals surface area contributed by atoms with Gasteiger partial charge in [-0.25, -0.2) is 9.59 Å². The Morgan fingerprint density at radius 2 is 2.23 bits per heavy atom. The Balaban J connectivity index is 1.49. The number of nitrogens with zero attached hydrogens (tertiary/aromatic N) is 2. The molecule has 162 valence electrons. The number of amides is 2. The Labute approximate surface area is 185 Å². The van der Waals surface area contributed by atoms with Gasteiger partial charge in [-0.05, 0) is 61.0 Å². The van der Waals surface area contributed by atoms with Crippen LogP contribution in [0.4, 0.5) is 10.5 Å². The van der Waals surface area contributed by atoms with E-state index in [1.165, 1.54) is 11.3 Å². The summed E-state index contributed by atoms with van der Waals surface area (Å²) >= 11 is 1.38. The first-order chi connectivity index (χ1) is 15.1. The molecule has 1 aliphatic heterocycles. The highest BCUT2D eigenvalue weighted by atomic mass is 32.1. The van der Waals surface area contributed by atoms with E-state index in [9.17, 15) is 9.59 Å². The average molecular weight is 440 g/mol. The van der Waals surface area contributed by atoms with Crippen LogP contribution in [0.3, 0.4) is 0 Å². The van der Waals surface area contributed by atoms with E-state index in [1.54, 1.807) is 30.3 Å². The van der Waals surface area contributed by atoms with Gasteiger partial charge in [0.15, 0.2) is 0 Å². The molecule has 1 atom stereocenters. The van der Waals surface area contributed by atoms with Crippen LogP contribution in [0.15, 0.2) is 48.8 Å². The van der Waals surface area contributed by atoms with Crippen LogP contribution in [-0.4, -0.2) is 47.7 Å². The van der Waals surface area contributed by atoms with Crippen molar-refractivity contribution in [3.63, 3.8) is 0 Å². The average Bonchev–Trinajstić information content (AvgIpc) is 3.43. The van der Waals surface area contributed by atoms with E-state index in [0.717, 1.165) is 35.1 Å². The zero-order chi connectivity index (χ0) is 21.6. The lowest BCUT2D eigenvalue weighted by Gasteiger charge is -2.26. The maximum Gasteiger partial charge on any atom is 0.348 e. The molecule has 2 aromatic heterocycles. The fraction of sp³-hybridized carbons (Fsp3) is 0.348. The molecular formula is C23H25N3O4S. The highest BCUT2D eigenvalue weighted by Gasteiger charge is 2.23. The van der Waals surface area contributed by atoms with E-state index in [0.29, 0.717) is 30.3 Å². The largest absolute Gasteiger partial charge is 0.462 e. The maximum atomic E-state index is 13.1. The Bertz CT molecular complexity index is 1050. The number of anilines is 1. The van der Waals surface area contributed by atoms with E-state index in [2.05, 4.69) is 10.3 Å². The smallest absolute Gasteiger partial charge is 0.348 e. The van der Waals surface area contributed by atoms with Gasteiger partial charge in [-0.1, -0.05) is 6.07 Å². The van der Waals surface area contributed by atoms with Crippen molar-refractivity contribution in [3.05, 3.63) is 59.2 Å². The van der Waals surface area contributed by atoms with Gasteiger partial charge in [0.2, 0.25) is 0 Å². The Morgan fingerprint density at radius 1 is 1.32 bits per heavy atom. The molecule has 31 heavy (non-hydrogen) atoms. The predicted octanol–water partition coefficient (Wildman–Crippen LogP) is 4.69. The summed E-state index contributed by atoms with van der Waals surface area (Å²) in [6.45, 7) is 3.84. The number of fused-ring (bicyclic) bond motifs is 1. The van der Waals surface area contributed by atoms with E-state index in [1.807, 2.05) is 30.3 Å². The molecule has 1 aliphatic rings. The number of pyridine rings is 1. The lowest BCUT2D eigenvalue weighted by Crippen LogP contribution is -2.39. The second-order valence-corrected chi connectivity index (χ2v) is 8.47. The molecule has 0 bridgehead atoms. The molecule has 0 aliphatic carbocycles. The van der Waals surface area contributed by atoms with Gasteiger partial charge in [0.05, 0.1) is 12.7 Å². The van der Waals surface area contributed by atoms with Crippen molar-refractivity contribution < 1.29 is 19.1 Å². The van der Waals surface area contributed by atoms with Crippen molar-refractivity contribution in [3.8, 4) is 0 Å². The molecule has 2 amide bonds. The number of carbonyl (C=O) groups excluding carboxylic acids is 2. The molecule has 1 saturated heterocycles. The number of esters is 1. The Morgan fingerprint density at radius 3 is 2.97 bits per heavy atom. The highest BCUT2D eigenvalue weighted by molar-refractivity contribution is 7.20. The molecule has 4 rings (SSSR count). The molecule has 8 heteroatoms. The molecule has 0 saturated carbocycles. The first-order valence-electron chi connectivity index (χ1n) is 10.4. The SMILES string of the molecule is CCOC(=O)c1cc2cc(NC(=O)N(Cc3cccnc3)C[C@H]3CCCO3)ccc2s1. The Kier molecular flexibility index (Phi) is 6.79. The number of ether oxygens (including phenoxy) is 2. The van der Waals surface area contributed by atoms with Crippen molar-refractivity contribution in [1.29, 1.82) is 0 Å². The summed E-state index contributed by atoms with van der Waals surface area (Å²) in [4.78, 5) is 31.6. The first kappa shape index (κ1) is 21.3. The molecule has 7 nitrogen and oxygen atoms in total. The minimum atomic E-state index is -0.325. The van der Waals surface area contributed by atoms with E-state index in [4.69, 9.17) is 9.47 Å². The van der Waals surface area contributed by atoms with Gasteiger partial charge in [-0.2, -0.15) is 0 Å². The fourth-order valence-corrected chi connectivity index (χ4v) is 4.53. The summed E-state index contributed by atoms with van der Waals surface area (Å²) in [6, 6.07) is 11.1. The van der Waals surface area contributed by atoms with Gasteiger partial charge >= 0.3 is 12.0 Å². The summed E-state index contributed by atoms with van der Waals surface area (Å²) < 4.78 is 11.8. The number of hydrogen-bond donors (Lipinski definition) is 1. The maximum absolute atomic E-state index is 13.1. The zero-order valence-electron chi connectivity index (χ0n) is 17.4. The number of thiophene rings is 1. The molecule has 1 fully saturated rings. The summed E-state index contributed by atoms with van der Waals surface area (Å²) in [7, 11) is 0. The van der Waals surface area contributed by atoms with Crippen LogP contribution in [0.2, 0.25) is 0 Å². The van der Waals surface area contributed by atoms with Crippen molar-refractivity contribution in [2.45, 2.75) is 32.4 Å². The number of urea groups is 1. The quantitative estimate of drug-likeness (QED) is 0.541. The van der Waals surface area contributed by atoms with Crippen LogP contribution in [0.25, 0.3) is 10.1 Å². The lowest BCUT2D eigenvalue weighted by molar-refractivity contribution is 0.0532. The number of rotatable bonds is 7. The van der Waals surface area contributed by atoms with Crippen LogP contribution in [0.5, 0.6) is 0 Å². The molecule has 1 aromatic carbocycles. The summed E-state index contributed by atoms with van der Waals surface area (Å²) in [5, 5.41) is 3.88. The third-order valence-corrected chi connectivity index (χ3v) is 6.17. The number of carbonyl (C=O) groups is 2. The molecule has 0 spiro atoms. The normalized spacial score (nSPS) is 15.7. The standard InChI is InChI=1S/C23H25N3O4S/c1-2-29-22(27)21-12-17-11-18(7-8-20(17)31-21)25-23(28)26(15-19-6-4-10-30-19)14-16-5-3-9-24-13-16/h3,5,7-9,11-13,19H,2,4,6,10,14-15H2,1H3,(H,25,28)/t19-/m1/s1. The van der Waals surface area contributed by atoms with Gasteiger partial charge in [0.1, 0.15) is 4.88 Å². The molecular weight excluding hydrogens is 414 g/mol. The van der Waals surface area contributed by atoms with Gasteiger partial charge in [-0.15, -0.1) is 11.3 Å². The van der Waals surface area contributed by atoms with Crippen molar-refractivity contribution in [2.24, 2.45) is 0 Å². The molecule has 1 N–H and O–H groups in total. The number of hydrogen-bond acceptors (Lipinski definition) is 6. The number of aromatic nitrogens is 1. The number of nitrogens with one attached hydrogen (secondary N) is 1. The molecule has 3 aromatic rings. The van der Waals surface area contributed by atoms with Crippen LogP contribution in [-0.2, 0) is 16.0 Å². The molecule has 0 radical (unpaired) electrons. The van der Waals surface area contributed by atoms with Gasteiger partial charge < -0.3 is 19.7 Å². The predicted molar refractivity (Wildman–Crippen MR) is 120 cm³/mol. The van der Waals surface area contributed by atoms with Crippen LogP contribution in [0, 0.1) is 0 Å². The van der Waals surface area contributed by atoms with Crippen LogP contribution < -0.4 is 5.32 Å². The van der Waals surface area contributed by atoms with Crippen molar-refractivity contribution in [2.75, 3.05) is 25.1 Å². The minimum Gasteiger partial charge on any atom is -0.462 e. The zero-order valence-corrected chi connectivity index (χ0v) is 18.2. The Hall–Kier alpha value is -2.97. The van der Waals surface area contributed by atoms with Gasteiger partial charge in [0, 0.05) is 42.5 Å². The van der Waals surface area contributed by atoms with Crippen molar-refractivity contribution in [1.82, 2.24) is 9.88 Å². The fourth-order valence-electron chi connectivity index (χ4n) is 3.59. The second-order valence-electron chi connectivity index (χ2n) is 7.39. The summed E-state index contributed by atoms with van der Waals surface area (Å²) in [6.07, 6.45) is 5.51. The third-order valence-electron chi connectivity index (χ3n) is 5.08. The third kappa shape index (κ3) is 5.39. The van der Waals surface area contributed by atoms with Crippen molar-refractivity contribution >= 4 is 39.1 Å². The molecule has 3 heterocycles. The van der Waals surface area contributed by atoms with Crippen LogP contribution in [0.1, 0.15) is 35.0 Å².